The summed E-state index contributed by atoms with van der Waals surface area (Å²) in [6.45, 7) is 1.46. The molecule has 176 valence electrons. The minimum absolute atomic E-state index is 0.0709. The number of hydrogen-bond acceptors (Lipinski definition) is 6. The molecular formula is C27H27NO6. The first-order valence-corrected chi connectivity index (χ1v) is 11.0. The smallest absolute Gasteiger partial charge is 0.337 e. The zero-order valence-corrected chi connectivity index (χ0v) is 19.2. The van der Waals surface area contributed by atoms with E-state index in [1.54, 1.807) is 36.3 Å². The van der Waals surface area contributed by atoms with E-state index >= 15 is 0 Å². The van der Waals surface area contributed by atoms with Gasteiger partial charge in [-0.2, -0.15) is 0 Å². The molecule has 0 saturated carbocycles. The lowest BCUT2D eigenvalue weighted by Crippen LogP contribution is -2.25. The lowest BCUT2D eigenvalue weighted by Gasteiger charge is -2.18. The Kier molecular flexibility index (Phi) is 7.32. The normalized spacial score (nSPS) is 15.2. The number of esters is 1. The van der Waals surface area contributed by atoms with Gasteiger partial charge in [0.1, 0.15) is 23.9 Å². The van der Waals surface area contributed by atoms with Crippen LogP contribution in [0.15, 0.2) is 72.8 Å². The Morgan fingerprint density at radius 1 is 0.853 bits per heavy atom. The van der Waals surface area contributed by atoms with E-state index in [-0.39, 0.29) is 17.8 Å². The molecule has 1 amide bonds. The number of methoxy groups -OCH3 is 2. The molecule has 34 heavy (non-hydrogen) atoms. The Labute approximate surface area is 198 Å². The van der Waals surface area contributed by atoms with Crippen molar-refractivity contribution in [2.75, 3.05) is 32.3 Å². The Bertz CT molecular complexity index is 1110. The molecule has 1 aliphatic rings. The molecule has 0 bridgehead atoms. The number of anilines is 1. The van der Waals surface area contributed by atoms with Crippen molar-refractivity contribution in [2.45, 2.75) is 13.0 Å². The van der Waals surface area contributed by atoms with Gasteiger partial charge in [0.25, 0.3) is 0 Å². The largest absolute Gasteiger partial charge is 0.497 e. The van der Waals surface area contributed by atoms with E-state index in [2.05, 4.69) is 0 Å². The third-order valence-electron chi connectivity index (χ3n) is 5.68. The van der Waals surface area contributed by atoms with Gasteiger partial charge < -0.3 is 23.8 Å². The molecule has 0 aliphatic carbocycles. The summed E-state index contributed by atoms with van der Waals surface area (Å²) in [4.78, 5) is 25.9. The summed E-state index contributed by atoms with van der Waals surface area (Å²) in [6.07, 6.45) is 0.427. The maximum atomic E-state index is 12.6. The molecule has 4 rings (SSSR count). The molecular weight excluding hydrogens is 434 g/mol. The van der Waals surface area contributed by atoms with Crippen molar-refractivity contribution in [1.29, 1.82) is 0 Å². The number of carbonyl (C=O) groups excluding carboxylic acids is 2. The van der Waals surface area contributed by atoms with Crippen LogP contribution in [0.25, 0.3) is 0 Å². The van der Waals surface area contributed by atoms with E-state index in [1.165, 1.54) is 7.11 Å². The van der Waals surface area contributed by atoms with Gasteiger partial charge in [-0.15, -0.1) is 0 Å². The van der Waals surface area contributed by atoms with Gasteiger partial charge >= 0.3 is 5.97 Å². The van der Waals surface area contributed by atoms with Gasteiger partial charge in [0, 0.05) is 24.6 Å². The summed E-state index contributed by atoms with van der Waals surface area (Å²) in [5, 5.41) is 0. The molecule has 1 atom stereocenters. The van der Waals surface area contributed by atoms with E-state index in [1.807, 2.05) is 48.5 Å². The number of carbonyl (C=O) groups is 2. The van der Waals surface area contributed by atoms with Gasteiger partial charge in [0.2, 0.25) is 5.91 Å². The van der Waals surface area contributed by atoms with Crippen LogP contribution in [0.2, 0.25) is 0 Å². The van der Waals surface area contributed by atoms with Crippen LogP contribution in [0.4, 0.5) is 5.69 Å². The van der Waals surface area contributed by atoms with Crippen molar-refractivity contribution in [1.82, 2.24) is 0 Å². The van der Waals surface area contributed by atoms with Crippen LogP contribution in [0.3, 0.4) is 0 Å². The molecule has 1 heterocycles. The Morgan fingerprint density at radius 3 is 2.12 bits per heavy atom. The third-order valence-corrected chi connectivity index (χ3v) is 5.68. The van der Waals surface area contributed by atoms with Crippen LogP contribution in [-0.4, -0.2) is 39.2 Å². The highest BCUT2D eigenvalue weighted by Crippen LogP contribution is 2.28. The summed E-state index contributed by atoms with van der Waals surface area (Å²) in [6, 6.07) is 22.0. The van der Waals surface area contributed by atoms with Crippen LogP contribution in [-0.2, 0) is 16.1 Å². The van der Waals surface area contributed by atoms with E-state index in [0.29, 0.717) is 37.5 Å². The SMILES string of the molecule is COC(=O)c1ccc(OCC2CC(=O)N(c3ccc(OCc4ccc(OC)cc4)cc3)C2)cc1. The fraction of sp³-hybridized carbons (Fsp3) is 0.259. The molecule has 1 fully saturated rings. The lowest BCUT2D eigenvalue weighted by molar-refractivity contribution is -0.117. The summed E-state index contributed by atoms with van der Waals surface area (Å²) >= 11 is 0. The monoisotopic (exact) mass is 461 g/mol. The van der Waals surface area contributed by atoms with E-state index in [4.69, 9.17) is 18.9 Å². The minimum Gasteiger partial charge on any atom is -0.497 e. The molecule has 0 radical (unpaired) electrons. The molecule has 0 aromatic heterocycles. The lowest BCUT2D eigenvalue weighted by atomic mass is 10.1. The van der Waals surface area contributed by atoms with Gasteiger partial charge in [0.15, 0.2) is 0 Å². The highest BCUT2D eigenvalue weighted by molar-refractivity contribution is 5.95. The number of nitrogens with zero attached hydrogens (tertiary/aromatic N) is 1. The van der Waals surface area contributed by atoms with Gasteiger partial charge in [-0.25, -0.2) is 4.79 Å². The van der Waals surface area contributed by atoms with Crippen LogP contribution in [0.1, 0.15) is 22.3 Å². The van der Waals surface area contributed by atoms with Crippen LogP contribution in [0.5, 0.6) is 17.2 Å². The van der Waals surface area contributed by atoms with Gasteiger partial charge in [-0.1, -0.05) is 12.1 Å². The topological polar surface area (TPSA) is 74.3 Å². The van der Waals surface area contributed by atoms with Crippen molar-refractivity contribution < 1.29 is 28.5 Å². The van der Waals surface area contributed by atoms with Crippen LogP contribution in [0, 0.1) is 5.92 Å². The van der Waals surface area contributed by atoms with Crippen LogP contribution >= 0.6 is 0 Å². The second-order valence-corrected chi connectivity index (χ2v) is 8.03. The predicted molar refractivity (Wildman–Crippen MR) is 128 cm³/mol. The fourth-order valence-electron chi connectivity index (χ4n) is 3.77. The van der Waals surface area contributed by atoms with Gasteiger partial charge in [-0.05, 0) is 66.2 Å². The molecule has 0 N–H and O–H groups in total. The first-order chi connectivity index (χ1) is 16.6. The average molecular weight is 462 g/mol. The van der Waals surface area contributed by atoms with Gasteiger partial charge in [0.05, 0.1) is 26.4 Å². The number of hydrogen-bond donors (Lipinski definition) is 0. The first kappa shape index (κ1) is 23.2. The standard InChI is InChI=1S/C27H27NO6/c1-31-23-9-3-19(4-10-23)17-33-25-13-7-22(8-14-25)28-16-20(15-26(28)29)18-34-24-11-5-21(6-12-24)27(30)32-2/h3-14,20H,15-18H2,1-2H3. The first-order valence-electron chi connectivity index (χ1n) is 11.0. The number of amides is 1. The zero-order chi connectivity index (χ0) is 23.9. The van der Waals surface area contributed by atoms with Crippen LogP contribution < -0.4 is 19.1 Å². The minimum atomic E-state index is -0.388. The van der Waals surface area contributed by atoms with Crippen molar-refractivity contribution >= 4 is 17.6 Å². The molecule has 7 nitrogen and oxygen atoms in total. The summed E-state index contributed by atoms with van der Waals surface area (Å²) < 4.78 is 21.6. The second-order valence-electron chi connectivity index (χ2n) is 8.03. The molecule has 1 saturated heterocycles. The zero-order valence-electron chi connectivity index (χ0n) is 19.2. The molecule has 7 heteroatoms. The molecule has 1 aliphatic heterocycles. The van der Waals surface area contributed by atoms with Crippen molar-refractivity contribution in [3.05, 3.63) is 83.9 Å². The van der Waals surface area contributed by atoms with E-state index in [9.17, 15) is 9.59 Å². The van der Waals surface area contributed by atoms with E-state index in [0.717, 1.165) is 22.7 Å². The van der Waals surface area contributed by atoms with Gasteiger partial charge in [-0.3, -0.25) is 4.79 Å². The van der Waals surface area contributed by atoms with E-state index < -0.39 is 0 Å². The maximum absolute atomic E-state index is 12.6. The number of ether oxygens (including phenoxy) is 4. The predicted octanol–water partition coefficient (Wildman–Crippen LogP) is 4.49. The highest BCUT2D eigenvalue weighted by atomic mass is 16.5. The highest BCUT2D eigenvalue weighted by Gasteiger charge is 2.31. The Morgan fingerprint density at radius 2 is 1.47 bits per heavy atom. The third kappa shape index (κ3) is 5.67. The second kappa shape index (κ2) is 10.7. The Balaban J connectivity index is 1.28. The number of benzene rings is 3. The van der Waals surface area contributed by atoms with Crippen molar-refractivity contribution in [3.8, 4) is 17.2 Å². The molecule has 1 unspecified atom stereocenters. The molecule has 3 aromatic rings. The van der Waals surface area contributed by atoms with Crippen molar-refractivity contribution in [3.63, 3.8) is 0 Å². The number of rotatable bonds is 9. The fourth-order valence-corrected chi connectivity index (χ4v) is 3.77. The molecule has 3 aromatic carbocycles. The summed E-state index contributed by atoms with van der Waals surface area (Å²) in [7, 11) is 2.98. The molecule has 0 spiro atoms. The summed E-state index contributed by atoms with van der Waals surface area (Å²) in [5.74, 6) is 1.96. The Hall–Kier alpha value is -4.00. The average Bonchev–Trinajstić information content (AvgIpc) is 3.27. The summed E-state index contributed by atoms with van der Waals surface area (Å²) in [5.41, 5.74) is 2.35. The maximum Gasteiger partial charge on any atom is 0.337 e. The quantitative estimate of drug-likeness (QED) is 0.437. The van der Waals surface area contributed by atoms with Crippen molar-refractivity contribution in [2.24, 2.45) is 5.92 Å².